The number of amides is 2. The van der Waals surface area contributed by atoms with Crippen LogP contribution >= 0.6 is 0 Å². The molecule has 0 saturated heterocycles. The standard InChI is InChI=1S/C64H84N4O12S2/c1-11-13-15-17-19-21-23-25-33-77-59(69)46-35-48(65-61(71)79-63(5,6)7)41-50(37-46)67-81(73,74)54-39-45-40-55(53-32-28-30-44(4)57(53)58(45)56-43(3)29-27-31-52(54)56)82(75,76)68-51-38-47(36-49(42-51)66-62(72)80-64(8,9)10)60(70)78-34-26-24-22-20-18-16-14-12-2/h27-32,35-42,67-68H,11-26,33-34H2,1-10H3,(H,65,71)(H,66,72). The van der Waals surface area contributed by atoms with Crippen LogP contribution in [0.5, 0.6) is 0 Å². The Bertz CT molecular complexity index is 3250. The number of ether oxygens (including phenoxy) is 4. The molecule has 82 heavy (non-hydrogen) atoms. The lowest BCUT2D eigenvalue weighted by atomic mass is 9.92. The Hall–Kier alpha value is -6.92. The number of rotatable bonds is 28. The first-order chi connectivity index (χ1) is 38.8. The van der Waals surface area contributed by atoms with Crippen LogP contribution in [0, 0.1) is 13.8 Å². The van der Waals surface area contributed by atoms with Crippen molar-refractivity contribution >= 4 is 99.2 Å². The first kappa shape index (κ1) is 64.3. The van der Waals surface area contributed by atoms with Crippen molar-refractivity contribution in [1.82, 2.24) is 0 Å². The van der Waals surface area contributed by atoms with Gasteiger partial charge in [0.05, 0.1) is 45.5 Å². The number of nitrogens with one attached hydrogen (secondary N) is 4. The lowest BCUT2D eigenvalue weighted by Crippen LogP contribution is -2.27. The van der Waals surface area contributed by atoms with Gasteiger partial charge in [0.15, 0.2) is 0 Å². The maximum atomic E-state index is 15.1. The number of aryl methyl sites for hydroxylation is 2. The number of unbranched alkanes of at least 4 members (excludes halogenated alkanes) is 14. The van der Waals surface area contributed by atoms with E-state index in [1.807, 2.05) is 26.0 Å². The molecule has 16 nitrogen and oxygen atoms in total. The van der Waals surface area contributed by atoms with Gasteiger partial charge in [-0.25, -0.2) is 36.0 Å². The van der Waals surface area contributed by atoms with Crippen LogP contribution in [0.25, 0.3) is 32.3 Å². The van der Waals surface area contributed by atoms with Crippen molar-refractivity contribution in [3.63, 3.8) is 0 Å². The van der Waals surface area contributed by atoms with Crippen LogP contribution in [0.15, 0.2) is 94.7 Å². The van der Waals surface area contributed by atoms with Crippen LogP contribution in [0.1, 0.15) is 190 Å². The zero-order chi connectivity index (χ0) is 59.8. The first-order valence-electron chi connectivity index (χ1n) is 28.9. The molecule has 444 valence electrons. The molecule has 0 unspecified atom stereocenters. The SMILES string of the molecule is CCCCCCCCCCOC(=O)c1cc(NC(=O)OC(C)(C)C)cc(NS(=O)(=O)c2cc3cc(S(=O)(=O)Nc4cc(NC(=O)OC(C)(C)C)cc(C(=O)OCCCCCCCCCC)c4)c4cccc(C)c4c3c3c(C)cccc23)c1. The van der Waals surface area contributed by atoms with Crippen LogP contribution in [-0.4, -0.2) is 65.4 Å². The number of benzene rings is 6. The Morgan fingerprint density at radius 1 is 0.439 bits per heavy atom. The first-order valence-corrected chi connectivity index (χ1v) is 31.8. The van der Waals surface area contributed by atoms with E-state index in [0.29, 0.717) is 50.9 Å². The summed E-state index contributed by atoms with van der Waals surface area (Å²) in [4.78, 5) is 53.0. The predicted molar refractivity (Wildman–Crippen MR) is 328 cm³/mol. The van der Waals surface area contributed by atoms with Gasteiger partial charge in [0.2, 0.25) is 0 Å². The maximum Gasteiger partial charge on any atom is 0.412 e. The fraction of sp³-hybridized carbons (Fsp3) is 0.469. The smallest absolute Gasteiger partial charge is 0.412 e. The Labute approximate surface area is 485 Å². The molecule has 0 radical (unpaired) electrons. The van der Waals surface area contributed by atoms with Crippen molar-refractivity contribution in [1.29, 1.82) is 0 Å². The molecule has 6 aromatic carbocycles. The second kappa shape index (κ2) is 28.9. The van der Waals surface area contributed by atoms with Gasteiger partial charge in [0.25, 0.3) is 20.0 Å². The van der Waals surface area contributed by atoms with Gasteiger partial charge in [-0.2, -0.15) is 0 Å². The molecule has 0 aliphatic heterocycles. The molecule has 0 fully saturated rings. The second-order valence-electron chi connectivity index (χ2n) is 23.1. The summed E-state index contributed by atoms with van der Waals surface area (Å²) in [5.74, 6) is -1.44. The molecule has 0 spiro atoms. The number of carbonyl (C=O) groups is 4. The van der Waals surface area contributed by atoms with Crippen LogP contribution in [-0.2, 0) is 39.0 Å². The minimum atomic E-state index is -4.62. The molecule has 6 rings (SSSR count). The van der Waals surface area contributed by atoms with Gasteiger partial charge in [0, 0.05) is 22.1 Å². The van der Waals surface area contributed by atoms with Gasteiger partial charge in [0.1, 0.15) is 11.2 Å². The monoisotopic (exact) mass is 1160 g/mol. The summed E-state index contributed by atoms with van der Waals surface area (Å²) in [6.45, 7) is 18.5. The van der Waals surface area contributed by atoms with Crippen LogP contribution in [0.3, 0.4) is 0 Å². The van der Waals surface area contributed by atoms with Crippen LogP contribution < -0.4 is 20.1 Å². The molecule has 0 aromatic heterocycles. The van der Waals surface area contributed by atoms with Crippen LogP contribution in [0.2, 0.25) is 0 Å². The van der Waals surface area contributed by atoms with E-state index in [2.05, 4.69) is 33.9 Å². The van der Waals surface area contributed by atoms with Crippen molar-refractivity contribution in [2.45, 2.75) is 193 Å². The van der Waals surface area contributed by atoms with Gasteiger partial charge in [-0.3, -0.25) is 20.1 Å². The van der Waals surface area contributed by atoms with Gasteiger partial charge < -0.3 is 18.9 Å². The molecule has 0 saturated carbocycles. The number of anilines is 4. The fourth-order valence-electron chi connectivity index (χ4n) is 9.88. The zero-order valence-corrected chi connectivity index (χ0v) is 51.2. The molecule has 2 amide bonds. The van der Waals surface area contributed by atoms with Crippen molar-refractivity contribution in [2.24, 2.45) is 0 Å². The van der Waals surface area contributed by atoms with Crippen molar-refractivity contribution in [2.75, 3.05) is 33.3 Å². The Kier molecular flexibility index (Phi) is 22.6. The third kappa shape index (κ3) is 18.5. The molecule has 4 N–H and O–H groups in total. The molecule has 0 heterocycles. The zero-order valence-electron chi connectivity index (χ0n) is 49.5. The number of esters is 2. The highest BCUT2D eigenvalue weighted by Crippen LogP contribution is 2.42. The molecule has 0 aliphatic rings. The van der Waals surface area contributed by atoms with Gasteiger partial charge in [-0.15, -0.1) is 0 Å². The van der Waals surface area contributed by atoms with E-state index < -0.39 is 55.4 Å². The van der Waals surface area contributed by atoms with Gasteiger partial charge in [-0.1, -0.05) is 140 Å². The lowest BCUT2D eigenvalue weighted by molar-refractivity contribution is 0.0488. The Balaban J connectivity index is 1.39. The largest absolute Gasteiger partial charge is 0.462 e. The average molecular weight is 1170 g/mol. The van der Waals surface area contributed by atoms with E-state index in [4.69, 9.17) is 18.9 Å². The third-order valence-corrected chi connectivity index (χ3v) is 16.5. The molecule has 0 aliphatic carbocycles. The maximum absolute atomic E-state index is 15.1. The summed E-state index contributed by atoms with van der Waals surface area (Å²) in [6.07, 6.45) is 15.1. The van der Waals surface area contributed by atoms with Crippen LogP contribution in [0.4, 0.5) is 32.3 Å². The lowest BCUT2D eigenvalue weighted by Gasteiger charge is -2.21. The highest BCUT2D eigenvalue weighted by atomic mass is 32.2. The highest BCUT2D eigenvalue weighted by molar-refractivity contribution is 7.93. The minimum Gasteiger partial charge on any atom is -0.462 e. The molecule has 18 heteroatoms. The summed E-state index contributed by atoms with van der Waals surface area (Å²) in [5.41, 5.74) is -0.397. The molecule has 6 aromatic rings. The number of hydrogen-bond acceptors (Lipinski definition) is 12. The van der Waals surface area contributed by atoms with E-state index in [9.17, 15) is 19.2 Å². The quantitative estimate of drug-likeness (QED) is 0.0156. The molecule has 0 bridgehead atoms. The minimum absolute atomic E-state index is 0.0247. The van der Waals surface area contributed by atoms with Crippen molar-refractivity contribution < 1.29 is 55.0 Å². The summed E-state index contributed by atoms with van der Waals surface area (Å²) in [7, 11) is -9.23. The number of fused-ring (bicyclic) bond motifs is 5. The highest BCUT2D eigenvalue weighted by Gasteiger charge is 2.28. The van der Waals surface area contributed by atoms with Gasteiger partial charge in [-0.05, 0) is 149 Å². The summed E-state index contributed by atoms with van der Waals surface area (Å²) < 4.78 is 87.8. The molecular weight excluding hydrogens is 1080 g/mol. The normalized spacial score (nSPS) is 12.1. The number of hydrogen-bond donors (Lipinski definition) is 4. The number of carbonyl (C=O) groups excluding carboxylic acids is 4. The van der Waals surface area contributed by atoms with E-state index >= 15 is 16.8 Å². The van der Waals surface area contributed by atoms with E-state index in [-0.39, 0.29) is 62.3 Å². The second-order valence-corrected chi connectivity index (χ2v) is 26.4. The van der Waals surface area contributed by atoms with Crippen molar-refractivity contribution in [3.8, 4) is 0 Å². The Morgan fingerprint density at radius 3 is 1.13 bits per heavy atom. The average Bonchev–Trinajstić information content (AvgIpc) is 1.52. The summed E-state index contributed by atoms with van der Waals surface area (Å²) in [5, 5.41) is 7.89. The third-order valence-electron chi connectivity index (χ3n) is 13.6. The molecular formula is C64H84N4O12S2. The van der Waals surface area contributed by atoms with E-state index in [1.54, 1.807) is 65.8 Å². The van der Waals surface area contributed by atoms with E-state index in [1.165, 1.54) is 87.1 Å². The summed E-state index contributed by atoms with van der Waals surface area (Å²) >= 11 is 0. The van der Waals surface area contributed by atoms with Crippen molar-refractivity contribution in [3.05, 3.63) is 107 Å². The van der Waals surface area contributed by atoms with Gasteiger partial charge >= 0.3 is 24.1 Å². The Morgan fingerprint density at radius 2 is 0.780 bits per heavy atom. The summed E-state index contributed by atoms with van der Waals surface area (Å²) in [6, 6.07) is 21.5. The number of sulfonamides is 2. The fourth-order valence-corrected chi connectivity index (χ4v) is 12.4. The molecule has 0 atom stereocenters. The van der Waals surface area contributed by atoms with E-state index in [0.717, 1.165) is 51.4 Å². The topological polar surface area (TPSA) is 222 Å². The predicted octanol–water partition coefficient (Wildman–Crippen LogP) is 16.7.